The molecule has 2 aromatic carbocycles. The summed E-state index contributed by atoms with van der Waals surface area (Å²) in [7, 11) is 0. The molecule has 3 N–H and O–H groups in total. The summed E-state index contributed by atoms with van der Waals surface area (Å²) in [6.07, 6.45) is 1.13. The molecule has 0 unspecified atom stereocenters. The molecule has 2 heterocycles. The molecule has 152 valence electrons. The highest BCUT2D eigenvalue weighted by molar-refractivity contribution is 5.93. The molecule has 9 heteroatoms. The molecule has 4 rings (SSSR count). The van der Waals surface area contributed by atoms with Gasteiger partial charge in [0.25, 0.3) is 11.5 Å². The second-order valence-electron chi connectivity index (χ2n) is 6.52. The number of nitrogens with two attached hydrogens (primary N) is 1. The number of fused-ring (bicyclic) bond motifs is 1. The number of nitrogens with one attached hydrogen (secondary N) is 1. The Labute approximate surface area is 171 Å². The highest BCUT2D eigenvalue weighted by Crippen LogP contribution is 2.32. The van der Waals surface area contributed by atoms with Gasteiger partial charge in [-0.1, -0.05) is 30.3 Å². The van der Waals surface area contributed by atoms with Crippen molar-refractivity contribution in [3.8, 4) is 22.9 Å². The lowest BCUT2D eigenvalue weighted by molar-refractivity contribution is -0.116. The van der Waals surface area contributed by atoms with E-state index < -0.39 is 17.4 Å². The number of ether oxygens (including phenoxy) is 2. The van der Waals surface area contributed by atoms with E-state index in [9.17, 15) is 14.4 Å². The number of primary amides is 1. The molecule has 0 saturated carbocycles. The van der Waals surface area contributed by atoms with Crippen molar-refractivity contribution in [2.75, 3.05) is 18.5 Å². The van der Waals surface area contributed by atoms with E-state index >= 15 is 0 Å². The van der Waals surface area contributed by atoms with Gasteiger partial charge in [0, 0.05) is 23.5 Å². The van der Waals surface area contributed by atoms with Crippen LogP contribution in [0.15, 0.2) is 59.5 Å². The monoisotopic (exact) mass is 406 g/mol. The van der Waals surface area contributed by atoms with Gasteiger partial charge in [0.1, 0.15) is 31.1 Å². The van der Waals surface area contributed by atoms with Crippen molar-refractivity contribution in [1.82, 2.24) is 9.55 Å². The number of carbonyl (C=O) groups excluding carboxylic acids is 2. The van der Waals surface area contributed by atoms with Crippen LogP contribution >= 0.6 is 0 Å². The Balaban J connectivity index is 1.64. The van der Waals surface area contributed by atoms with Crippen LogP contribution in [-0.4, -0.2) is 34.6 Å². The number of anilines is 1. The van der Waals surface area contributed by atoms with Crippen LogP contribution in [0.4, 0.5) is 5.69 Å². The third kappa shape index (κ3) is 3.86. The Morgan fingerprint density at radius 2 is 1.80 bits per heavy atom. The summed E-state index contributed by atoms with van der Waals surface area (Å²) in [4.78, 5) is 41.2. The van der Waals surface area contributed by atoms with Gasteiger partial charge < -0.3 is 20.5 Å². The smallest absolute Gasteiger partial charge is 0.267 e. The van der Waals surface area contributed by atoms with E-state index in [1.807, 2.05) is 6.07 Å². The first kappa shape index (κ1) is 19.2. The number of amides is 2. The van der Waals surface area contributed by atoms with Gasteiger partial charge in [-0.15, -0.1) is 0 Å². The Kier molecular flexibility index (Phi) is 5.17. The van der Waals surface area contributed by atoms with Crippen molar-refractivity contribution in [3.05, 3.63) is 70.6 Å². The van der Waals surface area contributed by atoms with E-state index in [2.05, 4.69) is 10.3 Å². The number of aromatic nitrogens is 2. The lowest BCUT2D eigenvalue weighted by Crippen LogP contribution is -2.34. The van der Waals surface area contributed by atoms with Gasteiger partial charge in [-0.05, 0) is 12.1 Å². The quantitative estimate of drug-likeness (QED) is 0.660. The number of benzene rings is 2. The van der Waals surface area contributed by atoms with Gasteiger partial charge in [0.15, 0.2) is 11.5 Å². The van der Waals surface area contributed by atoms with E-state index in [4.69, 9.17) is 15.2 Å². The molecule has 1 aliphatic heterocycles. The SMILES string of the molecule is NC(=O)c1cnc(-c2ccccc2)n(CC(=O)Nc2ccc3c(c2)OCCO3)c1=O. The zero-order valence-corrected chi connectivity index (χ0v) is 15.8. The third-order valence-corrected chi connectivity index (χ3v) is 4.47. The van der Waals surface area contributed by atoms with Gasteiger partial charge in [0.05, 0.1) is 0 Å². The number of nitrogens with zero attached hydrogens (tertiary/aromatic N) is 2. The minimum atomic E-state index is -0.909. The zero-order chi connectivity index (χ0) is 21.1. The fraction of sp³-hybridized carbons (Fsp3) is 0.143. The Morgan fingerprint density at radius 1 is 1.07 bits per heavy atom. The maximum atomic E-state index is 12.8. The molecule has 0 radical (unpaired) electrons. The van der Waals surface area contributed by atoms with E-state index in [0.29, 0.717) is 36.0 Å². The lowest BCUT2D eigenvalue weighted by atomic mass is 10.2. The van der Waals surface area contributed by atoms with Crippen LogP contribution in [0, 0.1) is 0 Å². The summed E-state index contributed by atoms with van der Waals surface area (Å²) in [6, 6.07) is 13.9. The normalized spacial score (nSPS) is 12.3. The first-order valence-electron chi connectivity index (χ1n) is 9.17. The summed E-state index contributed by atoms with van der Waals surface area (Å²) in [5.41, 5.74) is 5.40. The summed E-state index contributed by atoms with van der Waals surface area (Å²) in [5.74, 6) is -0.0100. The fourth-order valence-electron chi connectivity index (χ4n) is 3.09. The zero-order valence-electron chi connectivity index (χ0n) is 15.8. The standard InChI is InChI=1S/C21H18N4O5/c22-19(27)15-11-23-20(13-4-2-1-3-5-13)25(21(15)28)12-18(26)24-14-6-7-16-17(10-14)30-9-8-29-16/h1-7,10-11H,8-9,12H2,(H2,22,27)(H,24,26). The van der Waals surface area contributed by atoms with Gasteiger partial charge in [-0.25, -0.2) is 4.98 Å². The largest absolute Gasteiger partial charge is 0.486 e. The van der Waals surface area contributed by atoms with Crippen molar-refractivity contribution >= 4 is 17.5 Å². The molecule has 0 atom stereocenters. The molecule has 1 aromatic heterocycles. The predicted molar refractivity (Wildman–Crippen MR) is 109 cm³/mol. The van der Waals surface area contributed by atoms with Gasteiger partial charge in [-0.2, -0.15) is 0 Å². The number of rotatable bonds is 5. The first-order chi connectivity index (χ1) is 14.5. The molecule has 0 saturated heterocycles. The van der Waals surface area contributed by atoms with Crippen LogP contribution in [0.1, 0.15) is 10.4 Å². The van der Waals surface area contributed by atoms with Crippen LogP contribution in [-0.2, 0) is 11.3 Å². The van der Waals surface area contributed by atoms with Crippen LogP contribution < -0.4 is 26.1 Å². The van der Waals surface area contributed by atoms with Crippen molar-refractivity contribution < 1.29 is 19.1 Å². The van der Waals surface area contributed by atoms with Crippen molar-refractivity contribution in [2.45, 2.75) is 6.54 Å². The van der Waals surface area contributed by atoms with Gasteiger partial charge in [0.2, 0.25) is 5.91 Å². The van der Waals surface area contributed by atoms with E-state index in [1.54, 1.807) is 42.5 Å². The van der Waals surface area contributed by atoms with E-state index in [1.165, 1.54) is 0 Å². The summed E-state index contributed by atoms with van der Waals surface area (Å²) in [6.45, 7) is 0.532. The predicted octanol–water partition coefficient (Wildman–Crippen LogP) is 1.42. The molecule has 0 aliphatic carbocycles. The van der Waals surface area contributed by atoms with Crippen LogP contribution in [0.5, 0.6) is 11.5 Å². The number of carbonyl (C=O) groups is 2. The van der Waals surface area contributed by atoms with Crippen molar-refractivity contribution in [2.24, 2.45) is 5.73 Å². The molecule has 0 spiro atoms. The summed E-state index contributed by atoms with van der Waals surface area (Å²) >= 11 is 0. The molecule has 9 nitrogen and oxygen atoms in total. The Bertz CT molecular complexity index is 1170. The second-order valence-corrected chi connectivity index (χ2v) is 6.52. The van der Waals surface area contributed by atoms with Crippen LogP contribution in [0.2, 0.25) is 0 Å². The molecule has 30 heavy (non-hydrogen) atoms. The molecule has 0 bridgehead atoms. The third-order valence-electron chi connectivity index (χ3n) is 4.47. The average Bonchev–Trinajstić information content (AvgIpc) is 2.75. The Morgan fingerprint density at radius 3 is 2.53 bits per heavy atom. The van der Waals surface area contributed by atoms with E-state index in [-0.39, 0.29) is 17.9 Å². The molecular formula is C21H18N4O5. The van der Waals surface area contributed by atoms with Crippen LogP contribution in [0.3, 0.4) is 0 Å². The van der Waals surface area contributed by atoms with Crippen LogP contribution in [0.25, 0.3) is 11.4 Å². The highest BCUT2D eigenvalue weighted by atomic mass is 16.6. The molecule has 1 aliphatic rings. The first-order valence-corrected chi connectivity index (χ1v) is 9.17. The summed E-state index contributed by atoms with van der Waals surface area (Å²) in [5, 5.41) is 2.72. The van der Waals surface area contributed by atoms with E-state index in [0.717, 1.165) is 10.8 Å². The van der Waals surface area contributed by atoms with Gasteiger partial charge in [-0.3, -0.25) is 19.0 Å². The molecule has 3 aromatic rings. The summed E-state index contributed by atoms with van der Waals surface area (Å²) < 4.78 is 12.1. The van der Waals surface area contributed by atoms with Gasteiger partial charge >= 0.3 is 0 Å². The minimum Gasteiger partial charge on any atom is -0.486 e. The molecule has 2 amide bonds. The topological polar surface area (TPSA) is 126 Å². The van der Waals surface area contributed by atoms with Crippen molar-refractivity contribution in [1.29, 1.82) is 0 Å². The molecule has 0 fully saturated rings. The minimum absolute atomic E-state index is 0.253. The second kappa shape index (κ2) is 8.08. The highest BCUT2D eigenvalue weighted by Gasteiger charge is 2.18. The maximum Gasteiger partial charge on any atom is 0.267 e. The Hall–Kier alpha value is -4.14. The average molecular weight is 406 g/mol. The number of hydrogen-bond donors (Lipinski definition) is 2. The number of hydrogen-bond acceptors (Lipinski definition) is 6. The van der Waals surface area contributed by atoms with Crippen molar-refractivity contribution in [3.63, 3.8) is 0 Å². The lowest BCUT2D eigenvalue weighted by Gasteiger charge is -2.19. The molecular weight excluding hydrogens is 388 g/mol. The maximum absolute atomic E-state index is 12.8. The fourth-order valence-corrected chi connectivity index (χ4v) is 3.09.